The van der Waals surface area contributed by atoms with Gasteiger partial charge in [0.25, 0.3) is 11.1 Å². The lowest BCUT2D eigenvalue weighted by Gasteiger charge is -2.43. The number of aryl methyl sites for hydroxylation is 1. The molecule has 13 heteroatoms. The van der Waals surface area contributed by atoms with E-state index in [4.69, 9.17) is 9.47 Å². The highest BCUT2D eigenvalue weighted by Gasteiger charge is 2.29. The Balaban J connectivity index is 1.07. The van der Waals surface area contributed by atoms with Gasteiger partial charge >= 0.3 is 0 Å². The summed E-state index contributed by atoms with van der Waals surface area (Å²) in [6.07, 6.45) is 9.43. The number of nitrogens with one attached hydrogen (secondary N) is 1. The van der Waals surface area contributed by atoms with Gasteiger partial charge in [-0.3, -0.25) is 19.1 Å². The van der Waals surface area contributed by atoms with Gasteiger partial charge in [0.2, 0.25) is 0 Å². The van der Waals surface area contributed by atoms with Crippen LogP contribution in [0.4, 0.5) is 17.2 Å². The first kappa shape index (κ1) is 29.6. The van der Waals surface area contributed by atoms with Gasteiger partial charge < -0.3 is 33.8 Å². The largest absolute Gasteiger partial charge is 0.392 e. The zero-order valence-electron chi connectivity index (χ0n) is 26.1. The normalized spacial score (nSPS) is 17.1. The molecule has 0 atom stereocenters. The van der Waals surface area contributed by atoms with Crippen LogP contribution in [0.15, 0.2) is 70.9 Å². The van der Waals surface area contributed by atoms with E-state index in [1.165, 1.54) is 9.13 Å². The molecule has 5 aromatic rings. The molecule has 0 unspecified atom stereocenters. The molecule has 13 nitrogen and oxygen atoms in total. The smallest absolute Gasteiger partial charge is 0.280 e. The highest BCUT2D eigenvalue weighted by atomic mass is 16.5. The third-order valence-electron chi connectivity index (χ3n) is 9.52. The summed E-state index contributed by atoms with van der Waals surface area (Å²) < 4.78 is 15.8. The highest BCUT2D eigenvalue weighted by Crippen LogP contribution is 2.29. The maximum atomic E-state index is 13.7. The number of hydrogen-bond acceptors (Lipinski definition) is 10. The minimum absolute atomic E-state index is 0.224. The fourth-order valence-electron chi connectivity index (χ4n) is 6.83. The Morgan fingerprint density at radius 3 is 2.60 bits per heavy atom. The van der Waals surface area contributed by atoms with Crippen LogP contribution in [0.25, 0.3) is 22.5 Å². The predicted molar refractivity (Wildman–Crippen MR) is 177 cm³/mol. The number of anilines is 3. The second-order valence-corrected chi connectivity index (χ2v) is 12.3. The summed E-state index contributed by atoms with van der Waals surface area (Å²) in [6, 6.07) is 9.84. The molecule has 8 rings (SSSR count). The Hall–Kier alpha value is -4.82. The topological polar surface area (TPSA) is 131 Å². The molecule has 3 aliphatic heterocycles. The number of aliphatic hydroxyl groups is 1. The van der Waals surface area contributed by atoms with Crippen LogP contribution in [0.3, 0.4) is 0 Å². The molecule has 0 saturated carbocycles. The Morgan fingerprint density at radius 2 is 1.85 bits per heavy atom. The summed E-state index contributed by atoms with van der Waals surface area (Å²) in [5.41, 5.74) is 5.32. The fourth-order valence-corrected chi connectivity index (χ4v) is 6.83. The van der Waals surface area contributed by atoms with Crippen LogP contribution in [-0.2, 0) is 36.2 Å². The van der Waals surface area contributed by atoms with Crippen LogP contribution in [0.1, 0.15) is 16.8 Å². The summed E-state index contributed by atoms with van der Waals surface area (Å²) >= 11 is 0. The maximum absolute atomic E-state index is 13.7. The van der Waals surface area contributed by atoms with E-state index in [-0.39, 0.29) is 17.7 Å². The molecule has 2 N–H and O–H groups in total. The molecule has 0 radical (unpaired) electrons. The van der Waals surface area contributed by atoms with Gasteiger partial charge in [0.1, 0.15) is 22.8 Å². The first-order chi connectivity index (χ1) is 23.0. The van der Waals surface area contributed by atoms with Crippen LogP contribution in [0.2, 0.25) is 0 Å². The molecular weight excluding hydrogens is 600 g/mol. The van der Waals surface area contributed by atoms with Crippen LogP contribution >= 0.6 is 0 Å². The summed E-state index contributed by atoms with van der Waals surface area (Å²) in [6.45, 7) is 6.24. The Morgan fingerprint density at radius 1 is 1.00 bits per heavy atom. The monoisotopic (exact) mass is 636 g/mol. The van der Waals surface area contributed by atoms with Crippen molar-refractivity contribution in [2.45, 2.75) is 25.7 Å². The molecular formula is C34H36N8O5. The van der Waals surface area contributed by atoms with E-state index in [1.807, 2.05) is 35.0 Å². The Kier molecular flexibility index (Phi) is 7.60. The van der Waals surface area contributed by atoms with E-state index in [0.717, 1.165) is 62.8 Å². The van der Waals surface area contributed by atoms with Crippen LogP contribution in [0.5, 0.6) is 0 Å². The van der Waals surface area contributed by atoms with E-state index >= 15 is 0 Å². The van der Waals surface area contributed by atoms with Gasteiger partial charge in [-0.25, -0.2) is 9.97 Å². The fraction of sp³-hybridized carbons (Fsp3) is 0.353. The van der Waals surface area contributed by atoms with Gasteiger partial charge in [-0.15, -0.1) is 0 Å². The summed E-state index contributed by atoms with van der Waals surface area (Å²) in [5.74, 6) is 0.876. The average molecular weight is 637 g/mol. The third-order valence-corrected chi connectivity index (χ3v) is 9.52. The van der Waals surface area contributed by atoms with E-state index < -0.39 is 0 Å². The van der Waals surface area contributed by atoms with Gasteiger partial charge in [-0.05, 0) is 41.5 Å². The molecule has 5 aromatic heterocycles. The number of ether oxygens (including phenoxy) is 2. The molecule has 0 aliphatic carbocycles. The summed E-state index contributed by atoms with van der Waals surface area (Å²) in [4.78, 5) is 40.9. The van der Waals surface area contributed by atoms with Crippen molar-refractivity contribution in [2.75, 3.05) is 56.2 Å². The van der Waals surface area contributed by atoms with Crippen molar-refractivity contribution in [1.82, 2.24) is 28.4 Å². The summed E-state index contributed by atoms with van der Waals surface area (Å²) in [5, 5.41) is 13.8. The Bertz CT molecular complexity index is 2070. The molecule has 47 heavy (non-hydrogen) atoms. The SMILES string of the molecule is Cn1cc(-c2ccnc(-n3ccn4c5c(cc4c3=O)COCC5)c2CO)cc(Nc2ccc(N3CCN(C4COC4)CC3)cn2)c1=O. The third kappa shape index (κ3) is 5.30. The number of pyridine rings is 3. The van der Waals surface area contributed by atoms with Gasteiger partial charge in [-0.2, -0.15) is 0 Å². The average Bonchev–Trinajstić information content (AvgIpc) is 3.46. The number of nitrogens with zero attached hydrogens (tertiary/aromatic N) is 7. The number of rotatable bonds is 7. The van der Waals surface area contributed by atoms with Crippen molar-refractivity contribution in [3.63, 3.8) is 0 Å². The van der Waals surface area contributed by atoms with E-state index in [1.54, 1.807) is 37.8 Å². The van der Waals surface area contributed by atoms with Crippen LogP contribution in [-0.4, -0.2) is 85.6 Å². The molecule has 8 heterocycles. The lowest BCUT2D eigenvalue weighted by molar-refractivity contribution is -0.0660. The van der Waals surface area contributed by atoms with E-state index in [0.29, 0.717) is 58.8 Å². The first-order valence-electron chi connectivity index (χ1n) is 15.9. The second kappa shape index (κ2) is 12.1. The molecule has 2 fully saturated rings. The van der Waals surface area contributed by atoms with Crippen molar-refractivity contribution >= 4 is 22.7 Å². The number of fused-ring (bicyclic) bond motifs is 3. The Labute approximate surface area is 270 Å². The highest BCUT2D eigenvalue weighted by molar-refractivity contribution is 5.73. The van der Waals surface area contributed by atoms with Gasteiger partial charge in [-0.1, -0.05) is 0 Å². The van der Waals surface area contributed by atoms with Gasteiger partial charge in [0.05, 0.1) is 51.0 Å². The lowest BCUT2D eigenvalue weighted by atomic mass is 10.0. The van der Waals surface area contributed by atoms with Crippen molar-refractivity contribution in [3.8, 4) is 16.9 Å². The molecule has 242 valence electrons. The molecule has 0 amide bonds. The van der Waals surface area contributed by atoms with Crippen molar-refractivity contribution in [2.24, 2.45) is 7.05 Å². The van der Waals surface area contributed by atoms with Crippen molar-refractivity contribution in [3.05, 3.63) is 98.8 Å². The molecule has 0 spiro atoms. The molecule has 0 aromatic carbocycles. The molecule has 0 bridgehead atoms. The van der Waals surface area contributed by atoms with Gasteiger partial charge in [0, 0.05) is 81.3 Å². The zero-order chi connectivity index (χ0) is 32.1. The maximum Gasteiger partial charge on any atom is 0.280 e. The minimum atomic E-state index is -0.362. The van der Waals surface area contributed by atoms with E-state index in [9.17, 15) is 14.7 Å². The summed E-state index contributed by atoms with van der Waals surface area (Å²) in [7, 11) is 1.68. The number of aliphatic hydroxyl groups excluding tert-OH is 1. The molecule has 3 aliphatic rings. The minimum Gasteiger partial charge on any atom is -0.392 e. The number of aromatic nitrogens is 5. The first-order valence-corrected chi connectivity index (χ1v) is 15.9. The van der Waals surface area contributed by atoms with E-state index in [2.05, 4.69) is 25.1 Å². The van der Waals surface area contributed by atoms with Crippen molar-refractivity contribution < 1.29 is 14.6 Å². The zero-order valence-corrected chi connectivity index (χ0v) is 26.1. The van der Waals surface area contributed by atoms with Crippen LogP contribution in [0, 0.1) is 0 Å². The quantitative estimate of drug-likeness (QED) is 0.274. The second-order valence-electron chi connectivity index (χ2n) is 12.3. The number of piperazine rings is 1. The number of hydrogen-bond donors (Lipinski definition) is 2. The van der Waals surface area contributed by atoms with Crippen LogP contribution < -0.4 is 21.3 Å². The molecule has 2 saturated heterocycles. The standard InChI is InChI=1S/C34H36N8O5/c1-38-17-22(14-28(33(38)44)37-31-3-2-24(16-36-31)39-7-9-40(10-8-39)25-20-47-21-25)26-4-6-35-32(27(26)18-43)42-12-11-41-29-5-13-46-19-23(29)15-30(41)34(42)45/h2-4,6,11-12,14-17,25,43H,5,7-10,13,18-21H2,1H3,(H,36,37). The predicted octanol–water partition coefficient (Wildman–Crippen LogP) is 2.08. The lowest BCUT2D eigenvalue weighted by Crippen LogP contribution is -2.56. The van der Waals surface area contributed by atoms with Gasteiger partial charge in [0.15, 0.2) is 0 Å². The van der Waals surface area contributed by atoms with Crippen molar-refractivity contribution in [1.29, 1.82) is 0 Å².